The van der Waals surface area contributed by atoms with Crippen LogP contribution in [-0.2, 0) is 11.3 Å². The lowest BCUT2D eigenvalue weighted by molar-refractivity contribution is -0.124. The van der Waals surface area contributed by atoms with E-state index in [2.05, 4.69) is 10.6 Å². The fourth-order valence-electron chi connectivity index (χ4n) is 2.23. The molecule has 6 heteroatoms. The van der Waals surface area contributed by atoms with Crippen LogP contribution in [-0.4, -0.2) is 17.9 Å². The van der Waals surface area contributed by atoms with Crippen molar-refractivity contribution in [2.45, 2.75) is 32.9 Å². The van der Waals surface area contributed by atoms with Crippen LogP contribution in [0.2, 0.25) is 5.02 Å². The van der Waals surface area contributed by atoms with Crippen LogP contribution in [0.25, 0.3) is 0 Å². The summed E-state index contributed by atoms with van der Waals surface area (Å²) in [5, 5.41) is 8.28. The maximum atomic E-state index is 12.5. The van der Waals surface area contributed by atoms with E-state index in [1.807, 2.05) is 31.4 Å². The van der Waals surface area contributed by atoms with E-state index in [4.69, 9.17) is 11.6 Å². The maximum absolute atomic E-state index is 12.5. The van der Waals surface area contributed by atoms with E-state index < -0.39 is 6.04 Å². The summed E-state index contributed by atoms with van der Waals surface area (Å²) in [5.41, 5.74) is 0.485. The highest BCUT2D eigenvalue weighted by molar-refractivity contribution is 7.09. The molecular formula is C18H21ClN2O2S. The van der Waals surface area contributed by atoms with Gasteiger partial charge >= 0.3 is 0 Å². The molecule has 0 saturated heterocycles. The Morgan fingerprint density at radius 1 is 1.21 bits per heavy atom. The average molecular weight is 365 g/mol. The molecule has 128 valence electrons. The zero-order chi connectivity index (χ0) is 17.5. The summed E-state index contributed by atoms with van der Waals surface area (Å²) >= 11 is 7.43. The number of hydrogen-bond donors (Lipinski definition) is 2. The van der Waals surface area contributed by atoms with Crippen molar-refractivity contribution in [2.24, 2.45) is 5.92 Å². The second-order valence-electron chi connectivity index (χ2n) is 5.64. The van der Waals surface area contributed by atoms with Crippen molar-refractivity contribution in [1.29, 1.82) is 0 Å². The van der Waals surface area contributed by atoms with Gasteiger partial charge in [0.1, 0.15) is 6.04 Å². The quantitative estimate of drug-likeness (QED) is 0.783. The van der Waals surface area contributed by atoms with Crippen LogP contribution in [0.4, 0.5) is 0 Å². The smallest absolute Gasteiger partial charge is 0.251 e. The molecule has 2 N–H and O–H groups in total. The van der Waals surface area contributed by atoms with Gasteiger partial charge in [-0.1, -0.05) is 37.9 Å². The van der Waals surface area contributed by atoms with Gasteiger partial charge in [0.15, 0.2) is 0 Å². The van der Waals surface area contributed by atoms with Gasteiger partial charge in [0.05, 0.1) is 6.54 Å². The largest absolute Gasteiger partial charge is 0.349 e. The highest BCUT2D eigenvalue weighted by atomic mass is 35.5. The van der Waals surface area contributed by atoms with Crippen molar-refractivity contribution >= 4 is 34.8 Å². The summed E-state index contributed by atoms with van der Waals surface area (Å²) in [5.74, 6) is -0.409. The van der Waals surface area contributed by atoms with Gasteiger partial charge in [0.25, 0.3) is 5.91 Å². The molecule has 2 amide bonds. The third kappa shape index (κ3) is 5.08. The SMILES string of the molecule is CCC(C)C(NC(=O)c1ccc(Cl)cc1)C(=O)NCc1cccs1. The molecule has 1 aromatic carbocycles. The van der Waals surface area contributed by atoms with Gasteiger partial charge in [0, 0.05) is 15.5 Å². The van der Waals surface area contributed by atoms with E-state index in [0.29, 0.717) is 17.1 Å². The Bertz CT molecular complexity index is 671. The molecule has 0 fully saturated rings. The molecule has 0 spiro atoms. The third-order valence-corrected chi connectivity index (χ3v) is 5.03. The van der Waals surface area contributed by atoms with Crippen molar-refractivity contribution < 1.29 is 9.59 Å². The second kappa shape index (κ2) is 8.85. The van der Waals surface area contributed by atoms with Gasteiger partial charge in [-0.15, -0.1) is 11.3 Å². The number of hydrogen-bond acceptors (Lipinski definition) is 3. The Hall–Kier alpha value is -1.85. The van der Waals surface area contributed by atoms with E-state index in [0.717, 1.165) is 11.3 Å². The molecule has 0 aliphatic heterocycles. The summed E-state index contributed by atoms with van der Waals surface area (Å²) in [7, 11) is 0. The maximum Gasteiger partial charge on any atom is 0.251 e. The second-order valence-corrected chi connectivity index (χ2v) is 7.11. The first-order valence-electron chi connectivity index (χ1n) is 7.87. The number of rotatable bonds is 7. The molecule has 2 aromatic rings. The zero-order valence-corrected chi connectivity index (χ0v) is 15.3. The summed E-state index contributed by atoms with van der Waals surface area (Å²) < 4.78 is 0. The van der Waals surface area contributed by atoms with E-state index in [1.54, 1.807) is 35.6 Å². The van der Waals surface area contributed by atoms with Crippen LogP contribution in [0.15, 0.2) is 41.8 Å². The first-order valence-corrected chi connectivity index (χ1v) is 9.13. The first kappa shape index (κ1) is 18.5. The number of nitrogens with one attached hydrogen (secondary N) is 2. The van der Waals surface area contributed by atoms with Gasteiger partial charge < -0.3 is 10.6 Å². The molecule has 2 rings (SSSR count). The van der Waals surface area contributed by atoms with Crippen molar-refractivity contribution in [3.05, 3.63) is 57.2 Å². The standard InChI is InChI=1S/C18H21ClN2O2S/c1-3-12(2)16(18(23)20-11-15-5-4-10-24-15)21-17(22)13-6-8-14(19)9-7-13/h4-10,12,16H,3,11H2,1-2H3,(H,20,23)(H,21,22). The number of carbonyl (C=O) groups excluding carboxylic acids is 2. The number of amides is 2. The van der Waals surface area contributed by atoms with Crippen molar-refractivity contribution in [1.82, 2.24) is 10.6 Å². The van der Waals surface area contributed by atoms with Crippen LogP contribution in [0, 0.1) is 5.92 Å². The van der Waals surface area contributed by atoms with Crippen LogP contribution >= 0.6 is 22.9 Å². The van der Waals surface area contributed by atoms with E-state index in [9.17, 15) is 9.59 Å². The van der Waals surface area contributed by atoms with Crippen molar-refractivity contribution in [3.8, 4) is 0 Å². The minimum atomic E-state index is -0.571. The predicted octanol–water partition coefficient (Wildman–Crippen LogP) is 3.86. The Labute approximate surface area is 151 Å². The molecule has 2 unspecified atom stereocenters. The molecule has 0 saturated carbocycles. The number of benzene rings is 1. The molecular weight excluding hydrogens is 344 g/mol. The molecule has 1 heterocycles. The van der Waals surface area contributed by atoms with Gasteiger partial charge in [-0.3, -0.25) is 9.59 Å². The minimum Gasteiger partial charge on any atom is -0.349 e. The molecule has 0 bridgehead atoms. The lowest BCUT2D eigenvalue weighted by atomic mass is 9.98. The van der Waals surface area contributed by atoms with Gasteiger partial charge in [0.2, 0.25) is 5.91 Å². The molecule has 2 atom stereocenters. The molecule has 4 nitrogen and oxygen atoms in total. The van der Waals surface area contributed by atoms with E-state index in [-0.39, 0.29) is 17.7 Å². The molecule has 1 aromatic heterocycles. The van der Waals surface area contributed by atoms with Crippen LogP contribution in [0.1, 0.15) is 35.5 Å². The Balaban J connectivity index is 2.02. The number of thiophene rings is 1. The highest BCUT2D eigenvalue weighted by Crippen LogP contribution is 2.13. The Morgan fingerprint density at radius 2 is 1.92 bits per heavy atom. The number of carbonyl (C=O) groups is 2. The average Bonchev–Trinajstić information content (AvgIpc) is 3.10. The predicted molar refractivity (Wildman–Crippen MR) is 98.3 cm³/mol. The van der Waals surface area contributed by atoms with Gasteiger partial charge in [-0.2, -0.15) is 0 Å². The normalized spacial score (nSPS) is 13.1. The monoisotopic (exact) mass is 364 g/mol. The summed E-state index contributed by atoms with van der Waals surface area (Å²) in [6.07, 6.45) is 0.790. The van der Waals surface area contributed by atoms with Crippen LogP contribution in [0.5, 0.6) is 0 Å². The Morgan fingerprint density at radius 3 is 2.50 bits per heavy atom. The van der Waals surface area contributed by atoms with Gasteiger partial charge in [-0.25, -0.2) is 0 Å². The summed E-state index contributed by atoms with van der Waals surface area (Å²) in [6.45, 7) is 4.43. The molecule has 0 radical (unpaired) electrons. The fraction of sp³-hybridized carbons (Fsp3) is 0.333. The summed E-state index contributed by atoms with van der Waals surface area (Å²) in [4.78, 5) is 26.0. The molecule has 24 heavy (non-hydrogen) atoms. The minimum absolute atomic E-state index is 0.0320. The fourth-order valence-corrected chi connectivity index (χ4v) is 3.00. The van der Waals surface area contributed by atoms with E-state index >= 15 is 0 Å². The van der Waals surface area contributed by atoms with Crippen LogP contribution < -0.4 is 10.6 Å². The molecule has 0 aliphatic rings. The van der Waals surface area contributed by atoms with E-state index in [1.165, 1.54) is 0 Å². The summed E-state index contributed by atoms with van der Waals surface area (Å²) in [6, 6.07) is 9.95. The van der Waals surface area contributed by atoms with Crippen molar-refractivity contribution in [2.75, 3.05) is 0 Å². The van der Waals surface area contributed by atoms with Crippen molar-refractivity contribution in [3.63, 3.8) is 0 Å². The highest BCUT2D eigenvalue weighted by Gasteiger charge is 2.26. The number of halogens is 1. The van der Waals surface area contributed by atoms with Crippen LogP contribution in [0.3, 0.4) is 0 Å². The first-order chi connectivity index (χ1) is 11.5. The lowest BCUT2D eigenvalue weighted by Crippen LogP contribution is -2.50. The third-order valence-electron chi connectivity index (χ3n) is 3.91. The van der Waals surface area contributed by atoms with Gasteiger partial charge in [-0.05, 0) is 41.6 Å². The zero-order valence-electron chi connectivity index (χ0n) is 13.7. The molecule has 0 aliphatic carbocycles. The lowest BCUT2D eigenvalue weighted by Gasteiger charge is -2.23. The topological polar surface area (TPSA) is 58.2 Å². The Kier molecular flexibility index (Phi) is 6.82.